The molecule has 0 aliphatic rings. The summed E-state index contributed by atoms with van der Waals surface area (Å²) in [6, 6.07) is 5.92. The minimum Gasteiger partial charge on any atom is -0.497 e. The summed E-state index contributed by atoms with van der Waals surface area (Å²) in [5, 5.41) is 3.29. The van der Waals surface area contributed by atoms with Crippen LogP contribution in [0.5, 0.6) is 11.5 Å². The van der Waals surface area contributed by atoms with Gasteiger partial charge in [-0.15, -0.1) is 0 Å². The average molecular weight is 295 g/mol. The molecule has 21 heavy (non-hydrogen) atoms. The van der Waals surface area contributed by atoms with E-state index in [4.69, 9.17) is 14.2 Å². The maximum atomic E-state index is 5.87. The fourth-order valence-electron chi connectivity index (χ4n) is 2.40. The van der Waals surface area contributed by atoms with Gasteiger partial charge in [0.15, 0.2) is 0 Å². The number of hydrogen-bond donors (Lipinski definition) is 1. The third-order valence-electron chi connectivity index (χ3n) is 3.63. The second kappa shape index (κ2) is 9.64. The molecule has 0 saturated carbocycles. The van der Waals surface area contributed by atoms with Crippen LogP contribution < -0.4 is 14.8 Å². The second-order valence-corrected chi connectivity index (χ2v) is 5.38. The number of likely N-dealkylation sites (N-methyl/N-ethyl adjacent to an activating group) is 1. The van der Waals surface area contributed by atoms with Crippen molar-refractivity contribution in [2.45, 2.75) is 32.7 Å². The zero-order valence-electron chi connectivity index (χ0n) is 13.9. The van der Waals surface area contributed by atoms with Crippen molar-refractivity contribution in [3.05, 3.63) is 23.8 Å². The lowest BCUT2D eigenvalue weighted by Gasteiger charge is -2.21. The summed E-state index contributed by atoms with van der Waals surface area (Å²) in [6.07, 6.45) is 2.40. The molecule has 120 valence electrons. The van der Waals surface area contributed by atoms with Gasteiger partial charge in [-0.1, -0.05) is 20.3 Å². The van der Waals surface area contributed by atoms with Crippen molar-refractivity contribution < 1.29 is 14.2 Å². The number of methoxy groups -OCH3 is 2. The van der Waals surface area contributed by atoms with Crippen molar-refractivity contribution in [1.29, 1.82) is 0 Å². The van der Waals surface area contributed by atoms with Crippen molar-refractivity contribution >= 4 is 0 Å². The molecule has 4 nitrogen and oxygen atoms in total. The van der Waals surface area contributed by atoms with Crippen molar-refractivity contribution in [1.82, 2.24) is 5.32 Å². The van der Waals surface area contributed by atoms with Crippen LogP contribution in [-0.4, -0.2) is 34.5 Å². The van der Waals surface area contributed by atoms with Gasteiger partial charge in [-0.3, -0.25) is 0 Å². The molecule has 0 bridgehead atoms. The molecular weight excluding hydrogens is 266 g/mol. The van der Waals surface area contributed by atoms with E-state index in [0.29, 0.717) is 12.5 Å². The highest BCUT2D eigenvalue weighted by Gasteiger charge is 2.16. The second-order valence-electron chi connectivity index (χ2n) is 5.38. The fraction of sp³-hybridized carbons (Fsp3) is 0.647. The Bertz CT molecular complexity index is 409. The monoisotopic (exact) mass is 295 g/mol. The molecule has 0 fully saturated rings. The van der Waals surface area contributed by atoms with Crippen LogP contribution in [0.4, 0.5) is 0 Å². The Labute approximate surface area is 128 Å². The lowest BCUT2D eigenvalue weighted by atomic mass is 10.1. The van der Waals surface area contributed by atoms with Crippen molar-refractivity contribution in [2.24, 2.45) is 5.92 Å². The Morgan fingerprint density at radius 3 is 2.48 bits per heavy atom. The normalized spacial score (nSPS) is 13.8. The van der Waals surface area contributed by atoms with Crippen molar-refractivity contribution in [3.8, 4) is 11.5 Å². The van der Waals surface area contributed by atoms with Gasteiger partial charge in [-0.25, -0.2) is 0 Å². The molecule has 1 rings (SSSR count). The maximum Gasteiger partial charge on any atom is 0.123 e. The SMILES string of the molecule is CCCC(C)COCC(NC)c1cc(OC)ccc1OC. The van der Waals surface area contributed by atoms with Crippen LogP contribution in [0.25, 0.3) is 0 Å². The molecule has 0 spiro atoms. The van der Waals surface area contributed by atoms with Gasteiger partial charge < -0.3 is 19.5 Å². The Morgan fingerprint density at radius 1 is 1.14 bits per heavy atom. The van der Waals surface area contributed by atoms with Crippen LogP contribution in [0.1, 0.15) is 38.3 Å². The van der Waals surface area contributed by atoms with E-state index in [1.807, 2.05) is 25.2 Å². The van der Waals surface area contributed by atoms with Gasteiger partial charge in [0, 0.05) is 12.2 Å². The molecule has 2 atom stereocenters. The standard InChI is InChI=1S/C17H29NO3/c1-6-7-13(2)11-21-12-16(18-3)15-10-14(19-4)8-9-17(15)20-5/h8-10,13,16,18H,6-7,11-12H2,1-5H3. The molecule has 0 aromatic heterocycles. The van der Waals surface area contributed by atoms with Crippen LogP contribution in [0.2, 0.25) is 0 Å². The average Bonchev–Trinajstić information content (AvgIpc) is 2.51. The number of rotatable bonds is 10. The topological polar surface area (TPSA) is 39.7 Å². The van der Waals surface area contributed by atoms with E-state index in [1.54, 1.807) is 14.2 Å². The quantitative estimate of drug-likeness (QED) is 0.718. The summed E-state index contributed by atoms with van der Waals surface area (Å²) >= 11 is 0. The molecule has 0 radical (unpaired) electrons. The Kier molecular flexibility index (Phi) is 8.16. The Morgan fingerprint density at radius 2 is 1.90 bits per heavy atom. The van der Waals surface area contributed by atoms with Gasteiger partial charge >= 0.3 is 0 Å². The van der Waals surface area contributed by atoms with E-state index in [2.05, 4.69) is 19.2 Å². The van der Waals surface area contributed by atoms with Gasteiger partial charge in [0.05, 0.1) is 26.9 Å². The van der Waals surface area contributed by atoms with Gasteiger partial charge in [0.25, 0.3) is 0 Å². The largest absolute Gasteiger partial charge is 0.497 e. The summed E-state index contributed by atoms with van der Waals surface area (Å²) in [5.41, 5.74) is 1.06. The van der Waals surface area contributed by atoms with Crippen LogP contribution in [0.3, 0.4) is 0 Å². The Hall–Kier alpha value is -1.26. The van der Waals surface area contributed by atoms with Crippen LogP contribution >= 0.6 is 0 Å². The van der Waals surface area contributed by atoms with Gasteiger partial charge in [0.2, 0.25) is 0 Å². The minimum atomic E-state index is 0.0869. The van der Waals surface area contributed by atoms with Gasteiger partial charge in [-0.05, 0) is 37.6 Å². The van der Waals surface area contributed by atoms with E-state index in [9.17, 15) is 0 Å². The van der Waals surface area contributed by atoms with E-state index in [0.717, 1.165) is 23.7 Å². The van der Waals surface area contributed by atoms with E-state index in [1.165, 1.54) is 12.8 Å². The van der Waals surface area contributed by atoms with Crippen LogP contribution in [0, 0.1) is 5.92 Å². The molecule has 0 aliphatic carbocycles. The minimum absolute atomic E-state index is 0.0869. The smallest absolute Gasteiger partial charge is 0.123 e. The van der Waals surface area contributed by atoms with Gasteiger partial charge in [-0.2, -0.15) is 0 Å². The fourth-order valence-corrected chi connectivity index (χ4v) is 2.40. The highest BCUT2D eigenvalue weighted by molar-refractivity contribution is 5.42. The lowest BCUT2D eigenvalue weighted by Crippen LogP contribution is -2.23. The summed E-state index contributed by atoms with van der Waals surface area (Å²) < 4.78 is 16.6. The first-order chi connectivity index (χ1) is 10.2. The highest BCUT2D eigenvalue weighted by atomic mass is 16.5. The molecule has 0 aliphatic heterocycles. The molecule has 0 amide bonds. The molecule has 4 heteroatoms. The highest BCUT2D eigenvalue weighted by Crippen LogP contribution is 2.29. The first kappa shape index (κ1) is 17.8. The number of ether oxygens (including phenoxy) is 3. The van der Waals surface area contributed by atoms with E-state index >= 15 is 0 Å². The lowest BCUT2D eigenvalue weighted by molar-refractivity contribution is 0.0843. The van der Waals surface area contributed by atoms with Gasteiger partial charge in [0.1, 0.15) is 11.5 Å². The molecule has 2 unspecified atom stereocenters. The van der Waals surface area contributed by atoms with Crippen LogP contribution in [0.15, 0.2) is 18.2 Å². The van der Waals surface area contributed by atoms with Crippen molar-refractivity contribution in [3.63, 3.8) is 0 Å². The zero-order valence-corrected chi connectivity index (χ0v) is 13.9. The number of hydrogen-bond acceptors (Lipinski definition) is 4. The molecule has 0 heterocycles. The third-order valence-corrected chi connectivity index (χ3v) is 3.63. The predicted molar refractivity (Wildman–Crippen MR) is 86.2 cm³/mol. The zero-order chi connectivity index (χ0) is 15.7. The summed E-state index contributed by atoms with van der Waals surface area (Å²) in [5.74, 6) is 2.27. The summed E-state index contributed by atoms with van der Waals surface area (Å²) in [4.78, 5) is 0. The number of benzene rings is 1. The molecule has 1 N–H and O–H groups in total. The number of nitrogens with one attached hydrogen (secondary N) is 1. The van der Waals surface area contributed by atoms with E-state index < -0.39 is 0 Å². The van der Waals surface area contributed by atoms with E-state index in [-0.39, 0.29) is 6.04 Å². The first-order valence-electron chi connectivity index (χ1n) is 7.63. The first-order valence-corrected chi connectivity index (χ1v) is 7.63. The third kappa shape index (κ3) is 5.56. The predicted octanol–water partition coefficient (Wildman–Crippen LogP) is 3.42. The summed E-state index contributed by atoms with van der Waals surface area (Å²) in [6.45, 7) is 5.84. The molecule has 1 aromatic carbocycles. The van der Waals surface area contributed by atoms with Crippen molar-refractivity contribution in [2.75, 3.05) is 34.5 Å². The molecular formula is C17H29NO3. The maximum absolute atomic E-state index is 5.87. The Balaban J connectivity index is 2.70. The van der Waals surface area contributed by atoms with Crippen LogP contribution in [-0.2, 0) is 4.74 Å². The summed E-state index contributed by atoms with van der Waals surface area (Å²) in [7, 11) is 5.29. The molecule has 0 saturated heterocycles. The molecule has 1 aromatic rings.